The Morgan fingerprint density at radius 1 is 0.963 bits per heavy atom. The van der Waals surface area contributed by atoms with Gasteiger partial charge < -0.3 is 10.2 Å². The van der Waals surface area contributed by atoms with E-state index in [-0.39, 0.29) is 5.91 Å². The van der Waals surface area contributed by atoms with E-state index in [1.807, 2.05) is 42.5 Å². The maximum absolute atomic E-state index is 12.8. The van der Waals surface area contributed by atoms with Gasteiger partial charge in [0.25, 0.3) is 5.91 Å². The van der Waals surface area contributed by atoms with Crippen LogP contribution in [0.1, 0.15) is 33.0 Å². The third-order valence-corrected chi connectivity index (χ3v) is 4.16. The van der Waals surface area contributed by atoms with E-state index < -0.39 is 0 Å². The summed E-state index contributed by atoms with van der Waals surface area (Å²) < 4.78 is 0. The van der Waals surface area contributed by atoms with Crippen LogP contribution in [0.3, 0.4) is 0 Å². The largest absolute Gasteiger partial charge is 0.340 e. The third kappa shape index (κ3) is 4.91. The van der Waals surface area contributed by atoms with Crippen LogP contribution in [0.2, 0.25) is 0 Å². The summed E-state index contributed by atoms with van der Waals surface area (Å²) in [6.07, 6.45) is 0. The maximum atomic E-state index is 12.8. The van der Waals surface area contributed by atoms with E-state index in [1.54, 1.807) is 24.9 Å². The number of hydrogen-bond acceptors (Lipinski definition) is 4. The van der Waals surface area contributed by atoms with E-state index >= 15 is 0 Å². The van der Waals surface area contributed by atoms with Crippen molar-refractivity contribution in [2.75, 3.05) is 12.4 Å². The van der Waals surface area contributed by atoms with Gasteiger partial charge in [-0.2, -0.15) is 0 Å². The molecule has 0 radical (unpaired) electrons. The van der Waals surface area contributed by atoms with Crippen LogP contribution in [-0.4, -0.2) is 27.8 Å². The SMILES string of the molecule is Cc1cc(C)cc(Nc2cc(C(=O)N(C)Cc3ccccc3)nc(C)n2)c1. The Labute approximate surface area is 160 Å². The average Bonchev–Trinajstić information content (AvgIpc) is 2.60. The van der Waals surface area contributed by atoms with Crippen LogP contribution in [0.5, 0.6) is 0 Å². The lowest BCUT2D eigenvalue weighted by molar-refractivity contribution is 0.0779. The van der Waals surface area contributed by atoms with Gasteiger partial charge in [-0.3, -0.25) is 4.79 Å². The molecular weight excluding hydrogens is 336 g/mol. The topological polar surface area (TPSA) is 58.1 Å². The molecule has 0 bridgehead atoms. The normalized spacial score (nSPS) is 10.5. The first-order valence-corrected chi connectivity index (χ1v) is 8.91. The minimum absolute atomic E-state index is 0.132. The van der Waals surface area contributed by atoms with Crippen molar-refractivity contribution in [1.82, 2.24) is 14.9 Å². The summed E-state index contributed by atoms with van der Waals surface area (Å²) in [5, 5.41) is 3.29. The Balaban J connectivity index is 1.80. The van der Waals surface area contributed by atoms with E-state index in [4.69, 9.17) is 0 Å². The van der Waals surface area contributed by atoms with Gasteiger partial charge in [-0.1, -0.05) is 36.4 Å². The molecule has 3 aromatic rings. The number of amides is 1. The van der Waals surface area contributed by atoms with Crippen LogP contribution in [-0.2, 0) is 6.54 Å². The smallest absolute Gasteiger partial charge is 0.272 e. The molecule has 1 amide bonds. The van der Waals surface area contributed by atoms with E-state index in [2.05, 4.69) is 35.2 Å². The highest BCUT2D eigenvalue weighted by atomic mass is 16.2. The molecule has 0 unspecified atom stereocenters. The van der Waals surface area contributed by atoms with Gasteiger partial charge in [-0.25, -0.2) is 9.97 Å². The van der Waals surface area contributed by atoms with Crippen LogP contribution in [0.25, 0.3) is 0 Å². The fraction of sp³-hybridized carbons (Fsp3) is 0.227. The van der Waals surface area contributed by atoms with Crippen molar-refractivity contribution in [3.8, 4) is 0 Å². The molecule has 0 saturated carbocycles. The van der Waals surface area contributed by atoms with E-state index in [9.17, 15) is 4.79 Å². The fourth-order valence-electron chi connectivity index (χ4n) is 3.06. The van der Waals surface area contributed by atoms with Crippen molar-refractivity contribution in [2.45, 2.75) is 27.3 Å². The first-order chi connectivity index (χ1) is 12.9. The van der Waals surface area contributed by atoms with Gasteiger partial charge in [0.1, 0.15) is 17.3 Å². The van der Waals surface area contributed by atoms with Gasteiger partial charge in [-0.05, 0) is 49.6 Å². The van der Waals surface area contributed by atoms with Crippen molar-refractivity contribution in [2.24, 2.45) is 0 Å². The summed E-state index contributed by atoms with van der Waals surface area (Å²) in [5.74, 6) is 1.04. The molecule has 1 heterocycles. The predicted octanol–water partition coefficient (Wildman–Crippen LogP) is 4.42. The van der Waals surface area contributed by atoms with E-state index in [0.29, 0.717) is 23.9 Å². The molecule has 0 fully saturated rings. The second-order valence-corrected chi connectivity index (χ2v) is 6.83. The van der Waals surface area contributed by atoms with Crippen molar-refractivity contribution < 1.29 is 4.79 Å². The van der Waals surface area contributed by atoms with Crippen molar-refractivity contribution >= 4 is 17.4 Å². The molecule has 138 valence electrons. The number of benzene rings is 2. The maximum Gasteiger partial charge on any atom is 0.272 e. The highest BCUT2D eigenvalue weighted by Gasteiger charge is 2.16. The van der Waals surface area contributed by atoms with Crippen LogP contribution >= 0.6 is 0 Å². The van der Waals surface area contributed by atoms with Gasteiger partial charge in [0, 0.05) is 25.3 Å². The Bertz CT molecular complexity index is 934. The molecule has 0 aliphatic rings. The van der Waals surface area contributed by atoms with Crippen LogP contribution in [0, 0.1) is 20.8 Å². The molecule has 1 N–H and O–H groups in total. The molecule has 0 spiro atoms. The fourth-order valence-corrected chi connectivity index (χ4v) is 3.06. The summed E-state index contributed by atoms with van der Waals surface area (Å²) in [4.78, 5) is 23.2. The highest BCUT2D eigenvalue weighted by Crippen LogP contribution is 2.19. The predicted molar refractivity (Wildman–Crippen MR) is 108 cm³/mol. The molecule has 5 heteroatoms. The Kier molecular flexibility index (Phi) is 5.50. The van der Waals surface area contributed by atoms with Gasteiger partial charge >= 0.3 is 0 Å². The number of aromatic nitrogens is 2. The zero-order valence-corrected chi connectivity index (χ0v) is 16.2. The summed E-state index contributed by atoms with van der Waals surface area (Å²) in [7, 11) is 1.78. The van der Waals surface area contributed by atoms with Crippen molar-refractivity contribution in [1.29, 1.82) is 0 Å². The average molecular weight is 360 g/mol. The van der Waals surface area contributed by atoms with E-state index in [1.165, 1.54) is 11.1 Å². The minimum Gasteiger partial charge on any atom is -0.340 e. The molecule has 0 atom stereocenters. The molecule has 27 heavy (non-hydrogen) atoms. The molecule has 0 aliphatic carbocycles. The second-order valence-electron chi connectivity index (χ2n) is 6.83. The van der Waals surface area contributed by atoms with E-state index in [0.717, 1.165) is 11.3 Å². The van der Waals surface area contributed by atoms with Crippen LogP contribution < -0.4 is 5.32 Å². The minimum atomic E-state index is -0.132. The summed E-state index contributed by atoms with van der Waals surface area (Å²) >= 11 is 0. The summed E-state index contributed by atoms with van der Waals surface area (Å²) in [5.41, 5.74) is 4.74. The number of carbonyl (C=O) groups excluding carboxylic acids is 1. The molecule has 1 aromatic heterocycles. The van der Waals surface area contributed by atoms with Gasteiger partial charge in [-0.15, -0.1) is 0 Å². The number of rotatable bonds is 5. The monoisotopic (exact) mass is 360 g/mol. The molecule has 5 nitrogen and oxygen atoms in total. The Morgan fingerprint density at radius 2 is 1.63 bits per heavy atom. The summed E-state index contributed by atoms with van der Waals surface area (Å²) in [6, 6.07) is 17.8. The number of carbonyl (C=O) groups is 1. The molecule has 0 saturated heterocycles. The lowest BCUT2D eigenvalue weighted by Gasteiger charge is -2.17. The van der Waals surface area contributed by atoms with Gasteiger partial charge in [0.15, 0.2) is 0 Å². The molecular formula is C22H24N4O. The van der Waals surface area contributed by atoms with Gasteiger partial charge in [0.05, 0.1) is 0 Å². The lowest BCUT2D eigenvalue weighted by Crippen LogP contribution is -2.27. The third-order valence-electron chi connectivity index (χ3n) is 4.16. The first kappa shape index (κ1) is 18.6. The summed E-state index contributed by atoms with van der Waals surface area (Å²) in [6.45, 7) is 6.43. The Hall–Kier alpha value is -3.21. The van der Waals surface area contributed by atoms with Crippen molar-refractivity contribution in [3.63, 3.8) is 0 Å². The zero-order valence-electron chi connectivity index (χ0n) is 16.2. The van der Waals surface area contributed by atoms with Crippen LogP contribution in [0.15, 0.2) is 54.6 Å². The number of nitrogens with one attached hydrogen (secondary N) is 1. The number of anilines is 2. The molecule has 2 aromatic carbocycles. The van der Waals surface area contributed by atoms with Crippen molar-refractivity contribution in [3.05, 3.63) is 82.8 Å². The van der Waals surface area contributed by atoms with Gasteiger partial charge in [0.2, 0.25) is 0 Å². The lowest BCUT2D eigenvalue weighted by atomic mass is 10.1. The molecule has 0 aliphatic heterocycles. The quantitative estimate of drug-likeness (QED) is 0.732. The molecule has 3 rings (SSSR count). The Morgan fingerprint density at radius 3 is 2.30 bits per heavy atom. The van der Waals surface area contributed by atoms with Crippen LogP contribution in [0.4, 0.5) is 11.5 Å². The number of aryl methyl sites for hydroxylation is 3. The number of hydrogen-bond donors (Lipinski definition) is 1. The zero-order chi connectivity index (χ0) is 19.4. The standard InChI is InChI=1S/C22H24N4O/c1-15-10-16(2)12-19(11-15)25-21-13-20(23-17(3)24-21)22(27)26(4)14-18-8-6-5-7-9-18/h5-13H,14H2,1-4H3,(H,23,24,25). The second kappa shape index (κ2) is 7.99. The first-order valence-electron chi connectivity index (χ1n) is 8.91. The number of nitrogens with zero attached hydrogens (tertiary/aromatic N) is 3. The highest BCUT2D eigenvalue weighted by molar-refractivity contribution is 5.93.